The van der Waals surface area contributed by atoms with Crippen LogP contribution in [-0.4, -0.2) is 26.7 Å². The summed E-state index contributed by atoms with van der Waals surface area (Å²) in [5.41, 5.74) is 2.81. The lowest BCUT2D eigenvalue weighted by Gasteiger charge is -2.14. The zero-order valence-corrected chi connectivity index (χ0v) is 15.2. The molecule has 0 bridgehead atoms. The zero-order valence-electron chi connectivity index (χ0n) is 14.4. The van der Waals surface area contributed by atoms with Gasteiger partial charge in [0.25, 0.3) is 0 Å². The molecule has 0 saturated carbocycles. The molecule has 134 valence electrons. The first-order valence-corrected chi connectivity index (χ1v) is 9.88. The van der Waals surface area contributed by atoms with Crippen LogP contribution in [0.5, 0.6) is 5.75 Å². The number of sulfonamides is 1. The Morgan fingerprint density at radius 1 is 1.12 bits per heavy atom. The molecule has 6 heteroatoms. The average Bonchev–Trinajstić information content (AvgIpc) is 3.07. The third-order valence-corrected chi connectivity index (χ3v) is 5.86. The maximum atomic E-state index is 12.4. The van der Waals surface area contributed by atoms with Crippen LogP contribution < -0.4 is 9.46 Å². The molecule has 0 spiro atoms. The Labute approximate surface area is 148 Å². The van der Waals surface area contributed by atoms with E-state index >= 15 is 0 Å². The van der Waals surface area contributed by atoms with Gasteiger partial charge in [-0.1, -0.05) is 32.0 Å². The Balaban J connectivity index is 1.67. The van der Waals surface area contributed by atoms with E-state index in [9.17, 15) is 13.5 Å². The lowest BCUT2D eigenvalue weighted by molar-refractivity contribution is 0.182. The molecule has 0 aromatic heterocycles. The van der Waals surface area contributed by atoms with E-state index in [0.717, 1.165) is 23.3 Å². The number of aliphatic hydroxyl groups is 1. The Hall–Kier alpha value is -1.89. The highest BCUT2D eigenvalue weighted by molar-refractivity contribution is 7.89. The van der Waals surface area contributed by atoms with Gasteiger partial charge < -0.3 is 9.84 Å². The number of rotatable bonds is 6. The second-order valence-electron chi connectivity index (χ2n) is 6.56. The van der Waals surface area contributed by atoms with E-state index in [1.807, 2.05) is 24.3 Å². The number of benzene rings is 2. The maximum absolute atomic E-state index is 12.4. The Morgan fingerprint density at radius 3 is 2.48 bits per heavy atom. The molecule has 2 aromatic carbocycles. The summed E-state index contributed by atoms with van der Waals surface area (Å²) in [5, 5.41) is 10.3. The van der Waals surface area contributed by atoms with Crippen molar-refractivity contribution < 1.29 is 18.3 Å². The van der Waals surface area contributed by atoms with Crippen LogP contribution in [-0.2, 0) is 16.4 Å². The highest BCUT2D eigenvalue weighted by Crippen LogP contribution is 2.28. The number of nitrogens with one attached hydrogen (secondary N) is 1. The molecule has 0 aliphatic carbocycles. The fourth-order valence-electron chi connectivity index (χ4n) is 2.84. The minimum atomic E-state index is -3.65. The predicted octanol–water partition coefficient (Wildman–Crippen LogP) is 2.76. The van der Waals surface area contributed by atoms with Gasteiger partial charge in [0.05, 0.1) is 17.6 Å². The van der Waals surface area contributed by atoms with Crippen LogP contribution in [0.1, 0.15) is 42.6 Å². The van der Waals surface area contributed by atoms with E-state index in [1.54, 1.807) is 18.2 Å². The molecule has 1 aliphatic rings. The van der Waals surface area contributed by atoms with Crippen LogP contribution in [0.4, 0.5) is 0 Å². The van der Waals surface area contributed by atoms with Gasteiger partial charge >= 0.3 is 0 Å². The van der Waals surface area contributed by atoms with Gasteiger partial charge in [-0.15, -0.1) is 0 Å². The summed E-state index contributed by atoms with van der Waals surface area (Å²) in [7, 11) is -3.65. The highest BCUT2D eigenvalue weighted by Gasteiger charge is 2.19. The summed E-state index contributed by atoms with van der Waals surface area (Å²) in [6, 6.07) is 12.3. The van der Waals surface area contributed by atoms with Gasteiger partial charge in [0, 0.05) is 13.0 Å². The number of fused-ring (bicyclic) bond motifs is 1. The van der Waals surface area contributed by atoms with Crippen molar-refractivity contribution in [1.29, 1.82) is 0 Å². The molecule has 1 aliphatic heterocycles. The maximum Gasteiger partial charge on any atom is 0.240 e. The van der Waals surface area contributed by atoms with E-state index in [4.69, 9.17) is 4.74 Å². The van der Waals surface area contributed by atoms with Crippen LogP contribution in [0.2, 0.25) is 0 Å². The van der Waals surface area contributed by atoms with Gasteiger partial charge in [0.2, 0.25) is 10.0 Å². The van der Waals surface area contributed by atoms with Crippen LogP contribution in [0.15, 0.2) is 47.4 Å². The SMILES string of the molecule is CC(C)c1ccc(S(=O)(=O)NCC(O)c2ccc3c(c2)CCO3)cc1. The van der Waals surface area contributed by atoms with Gasteiger partial charge in [0.1, 0.15) is 5.75 Å². The van der Waals surface area contributed by atoms with Crippen molar-refractivity contribution >= 4 is 10.0 Å². The monoisotopic (exact) mass is 361 g/mol. The quantitative estimate of drug-likeness (QED) is 0.830. The van der Waals surface area contributed by atoms with Crippen molar-refractivity contribution in [1.82, 2.24) is 4.72 Å². The predicted molar refractivity (Wildman–Crippen MR) is 96.3 cm³/mol. The van der Waals surface area contributed by atoms with Crippen LogP contribution in [0.3, 0.4) is 0 Å². The topological polar surface area (TPSA) is 75.6 Å². The minimum absolute atomic E-state index is 0.0755. The molecule has 1 atom stereocenters. The molecule has 2 aromatic rings. The largest absolute Gasteiger partial charge is 0.493 e. The number of ether oxygens (including phenoxy) is 1. The van der Waals surface area contributed by atoms with Crippen LogP contribution >= 0.6 is 0 Å². The van der Waals surface area contributed by atoms with Crippen molar-refractivity contribution in [2.45, 2.75) is 37.2 Å². The Kier molecular flexibility index (Phi) is 5.13. The van der Waals surface area contributed by atoms with Crippen molar-refractivity contribution in [2.75, 3.05) is 13.2 Å². The molecule has 0 fully saturated rings. The Morgan fingerprint density at radius 2 is 1.80 bits per heavy atom. The standard InChI is InChI=1S/C19H23NO4S/c1-13(2)14-3-6-17(7-4-14)25(22,23)20-12-18(21)15-5-8-19-16(11-15)9-10-24-19/h3-8,11,13,18,20-21H,9-10,12H2,1-2H3. The van der Waals surface area contributed by atoms with Gasteiger partial charge in [-0.2, -0.15) is 0 Å². The van der Waals surface area contributed by atoms with Crippen molar-refractivity contribution in [3.8, 4) is 5.75 Å². The van der Waals surface area contributed by atoms with E-state index in [1.165, 1.54) is 0 Å². The molecule has 2 N–H and O–H groups in total. The Bertz CT molecular complexity index is 844. The average molecular weight is 361 g/mol. The number of aliphatic hydroxyl groups excluding tert-OH is 1. The van der Waals surface area contributed by atoms with Crippen LogP contribution in [0, 0.1) is 0 Å². The first-order valence-electron chi connectivity index (χ1n) is 8.40. The second-order valence-corrected chi connectivity index (χ2v) is 8.32. The van der Waals surface area contributed by atoms with Crippen molar-refractivity contribution in [3.63, 3.8) is 0 Å². The van der Waals surface area contributed by atoms with E-state index in [-0.39, 0.29) is 11.4 Å². The van der Waals surface area contributed by atoms with Crippen molar-refractivity contribution in [2.24, 2.45) is 0 Å². The molecule has 0 radical (unpaired) electrons. The van der Waals surface area contributed by atoms with Crippen molar-refractivity contribution in [3.05, 3.63) is 59.2 Å². The summed E-state index contributed by atoms with van der Waals surface area (Å²) in [5.74, 6) is 1.18. The lowest BCUT2D eigenvalue weighted by atomic mass is 10.0. The highest BCUT2D eigenvalue weighted by atomic mass is 32.2. The number of hydrogen-bond donors (Lipinski definition) is 2. The second kappa shape index (κ2) is 7.15. The molecule has 1 heterocycles. The third kappa shape index (κ3) is 4.03. The lowest BCUT2D eigenvalue weighted by Crippen LogP contribution is -2.28. The summed E-state index contributed by atoms with van der Waals surface area (Å²) < 4.78 is 32.7. The van der Waals surface area contributed by atoms with Crippen LogP contribution in [0.25, 0.3) is 0 Å². The summed E-state index contributed by atoms with van der Waals surface area (Å²) >= 11 is 0. The molecule has 0 amide bonds. The molecule has 0 saturated heterocycles. The molecular weight excluding hydrogens is 338 g/mol. The molecule has 1 unspecified atom stereocenters. The smallest absolute Gasteiger partial charge is 0.240 e. The minimum Gasteiger partial charge on any atom is -0.493 e. The summed E-state index contributed by atoms with van der Waals surface area (Å²) in [6.45, 7) is 4.68. The van der Waals surface area contributed by atoms with E-state index in [0.29, 0.717) is 18.1 Å². The van der Waals surface area contributed by atoms with E-state index < -0.39 is 16.1 Å². The van der Waals surface area contributed by atoms with Gasteiger partial charge in [0.15, 0.2) is 0 Å². The normalized spacial score (nSPS) is 15.0. The summed E-state index contributed by atoms with van der Waals surface area (Å²) in [6.07, 6.45) is -0.0975. The van der Waals surface area contributed by atoms with E-state index in [2.05, 4.69) is 18.6 Å². The molecule has 3 rings (SSSR count). The third-order valence-electron chi connectivity index (χ3n) is 4.42. The molecular formula is C19H23NO4S. The fourth-order valence-corrected chi connectivity index (χ4v) is 3.87. The molecule has 25 heavy (non-hydrogen) atoms. The first-order chi connectivity index (χ1) is 11.9. The zero-order chi connectivity index (χ0) is 18.0. The fraction of sp³-hybridized carbons (Fsp3) is 0.368. The van der Waals surface area contributed by atoms with Gasteiger partial charge in [-0.05, 0) is 46.9 Å². The number of hydrogen-bond acceptors (Lipinski definition) is 4. The van der Waals surface area contributed by atoms with Gasteiger partial charge in [-0.25, -0.2) is 13.1 Å². The first kappa shape index (κ1) is 17.9. The molecule has 5 nitrogen and oxygen atoms in total. The summed E-state index contributed by atoms with van der Waals surface area (Å²) in [4.78, 5) is 0.200. The van der Waals surface area contributed by atoms with Gasteiger partial charge in [-0.3, -0.25) is 0 Å².